The Morgan fingerprint density at radius 1 is 1.38 bits per heavy atom. The molecule has 1 aromatic rings. The molecule has 0 saturated carbocycles. The number of nitrogens with two attached hydrogens (primary N) is 1. The molecule has 0 spiro atoms. The van der Waals surface area contributed by atoms with Gasteiger partial charge in [0.2, 0.25) is 5.91 Å². The molecular formula is C13H18N2O. The quantitative estimate of drug-likeness (QED) is 0.793. The lowest BCUT2D eigenvalue weighted by Crippen LogP contribution is -2.22. The molecule has 3 nitrogen and oxygen atoms in total. The fourth-order valence-corrected chi connectivity index (χ4v) is 2.32. The summed E-state index contributed by atoms with van der Waals surface area (Å²) in [6, 6.07) is 2.18. The minimum absolute atomic E-state index is 0.119. The van der Waals surface area contributed by atoms with Crippen LogP contribution >= 0.6 is 0 Å². The van der Waals surface area contributed by atoms with Crippen LogP contribution in [0, 0.1) is 13.8 Å². The topological polar surface area (TPSA) is 55.1 Å². The highest BCUT2D eigenvalue weighted by atomic mass is 16.1. The van der Waals surface area contributed by atoms with Gasteiger partial charge in [0.05, 0.1) is 0 Å². The average molecular weight is 218 g/mol. The highest BCUT2D eigenvalue weighted by molar-refractivity contribution is 5.95. The van der Waals surface area contributed by atoms with Crippen molar-refractivity contribution >= 4 is 11.6 Å². The summed E-state index contributed by atoms with van der Waals surface area (Å²) < 4.78 is 0. The molecule has 0 aliphatic carbocycles. The van der Waals surface area contributed by atoms with Crippen LogP contribution in [0.5, 0.6) is 0 Å². The predicted octanol–water partition coefficient (Wildman–Crippen LogP) is 1.69. The Kier molecular flexibility index (Phi) is 2.97. The molecule has 0 aromatic heterocycles. The van der Waals surface area contributed by atoms with Crippen LogP contribution in [0.4, 0.5) is 5.69 Å². The van der Waals surface area contributed by atoms with Gasteiger partial charge in [-0.15, -0.1) is 0 Å². The van der Waals surface area contributed by atoms with Crippen molar-refractivity contribution in [2.75, 3.05) is 11.9 Å². The maximum Gasteiger partial charge on any atom is 0.224 e. The third-order valence-electron chi connectivity index (χ3n) is 3.34. The molecule has 2 rings (SSSR count). The van der Waals surface area contributed by atoms with Crippen LogP contribution < -0.4 is 11.1 Å². The van der Waals surface area contributed by atoms with Gasteiger partial charge in [-0.2, -0.15) is 0 Å². The Bertz CT molecular complexity index is 438. The van der Waals surface area contributed by atoms with E-state index in [0.717, 1.165) is 18.5 Å². The van der Waals surface area contributed by atoms with Gasteiger partial charge in [0, 0.05) is 12.1 Å². The molecule has 0 atom stereocenters. The Balaban J connectivity index is 2.55. The summed E-state index contributed by atoms with van der Waals surface area (Å²) in [6.07, 6.45) is 2.27. The van der Waals surface area contributed by atoms with E-state index in [9.17, 15) is 4.79 Å². The van der Waals surface area contributed by atoms with Gasteiger partial charge in [0.1, 0.15) is 0 Å². The zero-order chi connectivity index (χ0) is 11.7. The van der Waals surface area contributed by atoms with Crippen molar-refractivity contribution in [3.05, 3.63) is 28.3 Å². The smallest absolute Gasteiger partial charge is 0.224 e. The number of carbonyl (C=O) groups is 1. The maximum atomic E-state index is 11.4. The van der Waals surface area contributed by atoms with E-state index in [4.69, 9.17) is 5.73 Å². The molecule has 0 fully saturated rings. The van der Waals surface area contributed by atoms with Crippen LogP contribution in [0.1, 0.15) is 28.7 Å². The fraction of sp³-hybridized carbons (Fsp3) is 0.462. The van der Waals surface area contributed by atoms with E-state index in [1.54, 1.807) is 0 Å². The third-order valence-corrected chi connectivity index (χ3v) is 3.34. The summed E-state index contributed by atoms with van der Waals surface area (Å²) in [4.78, 5) is 11.4. The first-order valence-electron chi connectivity index (χ1n) is 5.75. The van der Waals surface area contributed by atoms with E-state index in [1.165, 1.54) is 22.3 Å². The molecule has 1 heterocycles. The molecule has 86 valence electrons. The van der Waals surface area contributed by atoms with E-state index >= 15 is 0 Å². The van der Waals surface area contributed by atoms with Crippen molar-refractivity contribution in [2.45, 2.75) is 33.1 Å². The van der Waals surface area contributed by atoms with Crippen molar-refractivity contribution in [3.63, 3.8) is 0 Å². The summed E-state index contributed by atoms with van der Waals surface area (Å²) in [5, 5.41) is 2.99. The Morgan fingerprint density at radius 2 is 2.12 bits per heavy atom. The van der Waals surface area contributed by atoms with Gasteiger partial charge in [-0.25, -0.2) is 0 Å². The van der Waals surface area contributed by atoms with E-state index < -0.39 is 0 Å². The number of benzene rings is 1. The molecule has 0 bridgehead atoms. The van der Waals surface area contributed by atoms with Crippen molar-refractivity contribution in [1.82, 2.24) is 0 Å². The largest absolute Gasteiger partial charge is 0.330 e. The Labute approximate surface area is 96.0 Å². The monoisotopic (exact) mass is 218 g/mol. The second-order valence-electron chi connectivity index (χ2n) is 4.42. The van der Waals surface area contributed by atoms with Gasteiger partial charge in [0.25, 0.3) is 0 Å². The van der Waals surface area contributed by atoms with E-state index in [2.05, 4.69) is 25.2 Å². The summed E-state index contributed by atoms with van der Waals surface area (Å²) in [5.74, 6) is 0.119. The van der Waals surface area contributed by atoms with Gasteiger partial charge < -0.3 is 11.1 Å². The summed E-state index contributed by atoms with van der Waals surface area (Å²) >= 11 is 0. The van der Waals surface area contributed by atoms with Crippen molar-refractivity contribution in [1.29, 1.82) is 0 Å². The second kappa shape index (κ2) is 4.26. The molecule has 1 aromatic carbocycles. The number of carbonyl (C=O) groups excluding carboxylic acids is 1. The number of nitrogens with one attached hydrogen (secondary N) is 1. The van der Waals surface area contributed by atoms with Crippen LogP contribution in [0.25, 0.3) is 0 Å². The predicted molar refractivity (Wildman–Crippen MR) is 65.6 cm³/mol. The molecule has 0 unspecified atom stereocenters. The van der Waals surface area contributed by atoms with Gasteiger partial charge in [-0.1, -0.05) is 6.07 Å². The van der Waals surface area contributed by atoms with Crippen LogP contribution in [0.15, 0.2) is 6.07 Å². The van der Waals surface area contributed by atoms with Gasteiger partial charge in [-0.05, 0) is 55.5 Å². The van der Waals surface area contributed by atoms with Crippen molar-refractivity contribution < 1.29 is 4.79 Å². The highest BCUT2D eigenvalue weighted by Crippen LogP contribution is 2.31. The van der Waals surface area contributed by atoms with Crippen molar-refractivity contribution in [2.24, 2.45) is 5.73 Å². The molecule has 1 aliphatic heterocycles. The second-order valence-corrected chi connectivity index (χ2v) is 4.42. The normalized spacial score (nSPS) is 14.6. The van der Waals surface area contributed by atoms with E-state index in [-0.39, 0.29) is 5.91 Å². The molecule has 1 amide bonds. The lowest BCUT2D eigenvalue weighted by Gasteiger charge is -2.23. The number of anilines is 1. The Morgan fingerprint density at radius 3 is 2.81 bits per heavy atom. The van der Waals surface area contributed by atoms with Gasteiger partial charge >= 0.3 is 0 Å². The zero-order valence-electron chi connectivity index (χ0n) is 9.89. The Hall–Kier alpha value is -1.35. The molecule has 1 aliphatic rings. The molecule has 3 heteroatoms. The number of fused-ring (bicyclic) bond motifs is 1. The molecule has 0 radical (unpaired) electrons. The lowest BCUT2D eigenvalue weighted by atomic mass is 9.91. The van der Waals surface area contributed by atoms with Crippen LogP contribution in [0.3, 0.4) is 0 Å². The molecule has 0 saturated heterocycles. The number of hydrogen-bond acceptors (Lipinski definition) is 2. The number of aryl methyl sites for hydroxylation is 2. The minimum atomic E-state index is 0.119. The lowest BCUT2D eigenvalue weighted by molar-refractivity contribution is -0.116. The molecule has 16 heavy (non-hydrogen) atoms. The minimum Gasteiger partial charge on any atom is -0.330 e. The molecular weight excluding hydrogens is 200 g/mol. The third kappa shape index (κ3) is 1.83. The SMILES string of the molecule is Cc1cc2c(c(CCN)c1C)NC(=O)CC2. The van der Waals surface area contributed by atoms with Gasteiger partial charge in [-0.3, -0.25) is 4.79 Å². The fourth-order valence-electron chi connectivity index (χ4n) is 2.32. The summed E-state index contributed by atoms with van der Waals surface area (Å²) in [7, 11) is 0. The number of rotatable bonds is 2. The zero-order valence-corrected chi connectivity index (χ0v) is 9.89. The first-order chi connectivity index (χ1) is 7.63. The van der Waals surface area contributed by atoms with Crippen LogP contribution in [-0.4, -0.2) is 12.5 Å². The van der Waals surface area contributed by atoms with Crippen LogP contribution in [0.2, 0.25) is 0 Å². The average Bonchev–Trinajstić information content (AvgIpc) is 2.26. The van der Waals surface area contributed by atoms with Crippen LogP contribution in [-0.2, 0) is 17.6 Å². The molecule has 3 N–H and O–H groups in total. The standard InChI is InChI=1S/C13H18N2O/c1-8-7-10-3-4-12(16)15-13(10)11(5-6-14)9(8)2/h7H,3-6,14H2,1-2H3,(H,15,16). The van der Waals surface area contributed by atoms with E-state index in [0.29, 0.717) is 13.0 Å². The number of amides is 1. The summed E-state index contributed by atoms with van der Waals surface area (Å²) in [5.41, 5.74) is 11.7. The van der Waals surface area contributed by atoms with E-state index in [1.807, 2.05) is 0 Å². The highest BCUT2D eigenvalue weighted by Gasteiger charge is 2.19. The van der Waals surface area contributed by atoms with Crippen molar-refractivity contribution in [3.8, 4) is 0 Å². The number of hydrogen-bond donors (Lipinski definition) is 2. The maximum absolute atomic E-state index is 11.4. The van der Waals surface area contributed by atoms with Gasteiger partial charge in [0.15, 0.2) is 0 Å². The summed E-state index contributed by atoms with van der Waals surface area (Å²) in [6.45, 7) is 4.83. The first-order valence-corrected chi connectivity index (χ1v) is 5.75. The first kappa shape index (κ1) is 11.1.